The summed E-state index contributed by atoms with van der Waals surface area (Å²) in [6.45, 7) is 2.08. The summed E-state index contributed by atoms with van der Waals surface area (Å²) in [4.78, 5) is 8.12. The number of imidazole rings is 1. The van der Waals surface area contributed by atoms with Crippen LogP contribution in [0.15, 0.2) is 30.6 Å². The Bertz CT molecular complexity index is 1110. The van der Waals surface area contributed by atoms with E-state index >= 15 is 0 Å². The zero-order valence-electron chi connectivity index (χ0n) is 16.5. The molecule has 1 aliphatic heterocycles. The molecule has 11 heteroatoms. The van der Waals surface area contributed by atoms with Crippen LogP contribution in [0.25, 0.3) is 17.0 Å². The highest BCUT2D eigenvalue weighted by Crippen LogP contribution is 2.39. The number of anilines is 1. The zero-order chi connectivity index (χ0) is 22.4. The summed E-state index contributed by atoms with van der Waals surface area (Å²) >= 11 is 0. The molecule has 3 N–H and O–H groups in total. The van der Waals surface area contributed by atoms with Gasteiger partial charge in [0.25, 0.3) is 0 Å². The number of aromatic nitrogens is 3. The first-order valence-electron chi connectivity index (χ1n) is 9.68. The zero-order valence-corrected chi connectivity index (χ0v) is 16.5. The third kappa shape index (κ3) is 3.94. The van der Waals surface area contributed by atoms with Gasteiger partial charge in [-0.1, -0.05) is 6.07 Å². The van der Waals surface area contributed by atoms with Crippen LogP contribution in [0, 0.1) is 11.6 Å². The average Bonchev–Trinajstić information content (AvgIpc) is 3.13. The van der Waals surface area contributed by atoms with Crippen molar-refractivity contribution in [2.24, 2.45) is 0 Å². The maximum Gasteiger partial charge on any atom is 0.421 e. The highest BCUT2D eigenvalue weighted by Gasteiger charge is 2.51. The van der Waals surface area contributed by atoms with Gasteiger partial charge in [0, 0.05) is 30.4 Å². The molecule has 1 aliphatic rings. The Morgan fingerprint density at radius 1 is 1.23 bits per heavy atom. The molecule has 0 bridgehead atoms. The number of nitrogens with zero attached hydrogens (tertiary/aromatic N) is 3. The van der Waals surface area contributed by atoms with Gasteiger partial charge in [-0.3, -0.25) is 4.40 Å². The van der Waals surface area contributed by atoms with E-state index in [1.807, 2.05) is 0 Å². The predicted molar refractivity (Wildman–Crippen MR) is 103 cm³/mol. The molecule has 4 heterocycles. The normalized spacial score (nSPS) is 19.4. The molecule has 0 aromatic carbocycles. The van der Waals surface area contributed by atoms with Crippen LogP contribution >= 0.6 is 0 Å². The molecular formula is C20H20F5N5O. The van der Waals surface area contributed by atoms with Crippen LogP contribution < -0.4 is 10.6 Å². The molecule has 0 aliphatic carbocycles. The first-order chi connectivity index (χ1) is 14.6. The molecule has 6 nitrogen and oxygen atoms in total. The van der Waals surface area contributed by atoms with Crippen LogP contribution in [0.5, 0.6) is 0 Å². The Morgan fingerprint density at radius 2 is 2.00 bits per heavy atom. The van der Waals surface area contributed by atoms with Crippen LogP contribution in [-0.4, -0.2) is 44.8 Å². The lowest BCUT2D eigenvalue weighted by molar-refractivity contribution is -0.259. The summed E-state index contributed by atoms with van der Waals surface area (Å²) in [7, 11) is 0. The van der Waals surface area contributed by atoms with E-state index in [0.29, 0.717) is 19.5 Å². The van der Waals surface area contributed by atoms with E-state index in [2.05, 4.69) is 20.6 Å². The van der Waals surface area contributed by atoms with E-state index in [4.69, 9.17) is 0 Å². The van der Waals surface area contributed by atoms with Gasteiger partial charge in [-0.15, -0.1) is 0 Å². The monoisotopic (exact) mass is 441 g/mol. The van der Waals surface area contributed by atoms with Crippen LogP contribution in [-0.2, 0) is 5.60 Å². The van der Waals surface area contributed by atoms with Gasteiger partial charge in [-0.25, -0.2) is 18.7 Å². The largest absolute Gasteiger partial charge is 0.421 e. The molecule has 3 aromatic rings. The van der Waals surface area contributed by atoms with Gasteiger partial charge in [0.05, 0.1) is 11.9 Å². The number of hydrogen-bond donors (Lipinski definition) is 3. The summed E-state index contributed by atoms with van der Waals surface area (Å²) in [5.74, 6) is -2.01. The molecule has 1 fully saturated rings. The van der Waals surface area contributed by atoms with Gasteiger partial charge in [0.15, 0.2) is 23.1 Å². The molecular weight excluding hydrogens is 421 g/mol. The lowest BCUT2D eigenvalue weighted by Crippen LogP contribution is -2.39. The fraction of sp³-hybridized carbons (Fsp3) is 0.400. The van der Waals surface area contributed by atoms with Crippen molar-refractivity contribution in [3.05, 3.63) is 47.8 Å². The standard InChI is InChI=1S/C20H20F5N5O/c1-19(31,20(23,24)25)11-4-5-16-27-9-15(30(16)10-11)17-13(21)7-14(22)18(29-17)28-12-3-2-6-26-8-12/h4-5,7,9-10,12,26,31H,2-3,6,8H2,1H3,(H,28,29)/t12-,19+/m0/s1. The van der Waals surface area contributed by atoms with Crippen LogP contribution in [0.1, 0.15) is 25.3 Å². The SMILES string of the molecule is C[C@@](O)(c1ccc2ncc(-c3nc(N[C@H]4CCCNC4)c(F)cc3F)n2c1)C(F)(F)F. The predicted octanol–water partition coefficient (Wildman–Crippen LogP) is 3.61. The van der Waals surface area contributed by atoms with Gasteiger partial charge < -0.3 is 15.7 Å². The van der Waals surface area contributed by atoms with Crippen molar-refractivity contribution in [2.75, 3.05) is 18.4 Å². The first-order valence-corrected chi connectivity index (χ1v) is 9.68. The molecule has 2 atom stereocenters. The topological polar surface area (TPSA) is 74.5 Å². The van der Waals surface area contributed by atoms with Crippen molar-refractivity contribution < 1.29 is 27.1 Å². The minimum atomic E-state index is -4.92. The number of alkyl halides is 3. The Kier molecular flexibility index (Phi) is 5.34. The van der Waals surface area contributed by atoms with Gasteiger partial charge in [-0.2, -0.15) is 13.2 Å². The van der Waals surface area contributed by atoms with Crippen molar-refractivity contribution in [3.8, 4) is 11.4 Å². The Labute approximate surface area is 174 Å². The summed E-state index contributed by atoms with van der Waals surface area (Å²) < 4.78 is 69.9. The fourth-order valence-electron chi connectivity index (χ4n) is 3.52. The number of aliphatic hydroxyl groups is 1. The number of piperidine rings is 1. The van der Waals surface area contributed by atoms with Crippen molar-refractivity contribution in [3.63, 3.8) is 0 Å². The number of halogens is 5. The van der Waals surface area contributed by atoms with Gasteiger partial charge >= 0.3 is 6.18 Å². The van der Waals surface area contributed by atoms with Crippen molar-refractivity contribution in [1.29, 1.82) is 0 Å². The summed E-state index contributed by atoms with van der Waals surface area (Å²) in [6, 6.07) is 2.95. The second-order valence-electron chi connectivity index (χ2n) is 7.70. The number of pyridine rings is 2. The molecule has 31 heavy (non-hydrogen) atoms. The average molecular weight is 441 g/mol. The second kappa shape index (κ2) is 7.72. The molecule has 1 saturated heterocycles. The van der Waals surface area contributed by atoms with Crippen molar-refractivity contribution in [1.82, 2.24) is 19.7 Å². The van der Waals surface area contributed by atoms with Crippen molar-refractivity contribution >= 4 is 11.5 Å². The Hall–Kier alpha value is -2.79. The van der Waals surface area contributed by atoms with Crippen molar-refractivity contribution in [2.45, 2.75) is 37.6 Å². The number of fused-ring (bicyclic) bond motifs is 1. The summed E-state index contributed by atoms with van der Waals surface area (Å²) in [5.41, 5.74) is -3.62. The second-order valence-corrected chi connectivity index (χ2v) is 7.70. The number of rotatable bonds is 4. The molecule has 0 spiro atoms. The van der Waals surface area contributed by atoms with E-state index in [1.165, 1.54) is 16.7 Å². The summed E-state index contributed by atoms with van der Waals surface area (Å²) in [6.07, 6.45) is -0.995. The Morgan fingerprint density at radius 3 is 2.68 bits per heavy atom. The maximum absolute atomic E-state index is 14.6. The third-order valence-electron chi connectivity index (χ3n) is 5.43. The molecule has 0 saturated carbocycles. The highest BCUT2D eigenvalue weighted by molar-refractivity contribution is 5.63. The fourth-order valence-corrected chi connectivity index (χ4v) is 3.52. The molecule has 0 amide bonds. The summed E-state index contributed by atoms with van der Waals surface area (Å²) in [5, 5.41) is 16.1. The quantitative estimate of drug-likeness (QED) is 0.540. The molecule has 0 radical (unpaired) electrons. The van der Waals surface area contributed by atoms with Gasteiger partial charge in [0.1, 0.15) is 11.3 Å². The number of nitrogens with one attached hydrogen (secondary N) is 2. The van der Waals surface area contributed by atoms with E-state index < -0.39 is 29.0 Å². The minimum absolute atomic E-state index is 0.0251. The molecule has 4 rings (SSSR count). The first kappa shape index (κ1) is 21.4. The lowest BCUT2D eigenvalue weighted by atomic mass is 9.97. The van der Waals surface area contributed by atoms with E-state index in [-0.39, 0.29) is 28.9 Å². The van der Waals surface area contributed by atoms with E-state index in [1.54, 1.807) is 0 Å². The third-order valence-corrected chi connectivity index (χ3v) is 5.43. The molecule has 3 aromatic heterocycles. The van der Waals surface area contributed by atoms with Crippen LogP contribution in [0.2, 0.25) is 0 Å². The van der Waals surface area contributed by atoms with Crippen LogP contribution in [0.3, 0.4) is 0 Å². The highest BCUT2D eigenvalue weighted by atomic mass is 19.4. The maximum atomic E-state index is 14.6. The number of hydrogen-bond acceptors (Lipinski definition) is 5. The van der Waals surface area contributed by atoms with Crippen LogP contribution in [0.4, 0.5) is 27.8 Å². The van der Waals surface area contributed by atoms with Gasteiger partial charge in [-0.05, 0) is 32.4 Å². The van der Waals surface area contributed by atoms with E-state index in [0.717, 1.165) is 31.6 Å². The smallest absolute Gasteiger partial charge is 0.376 e. The molecule has 0 unspecified atom stereocenters. The minimum Gasteiger partial charge on any atom is -0.376 e. The molecule has 166 valence electrons. The van der Waals surface area contributed by atoms with Gasteiger partial charge in [0.2, 0.25) is 0 Å². The van der Waals surface area contributed by atoms with E-state index in [9.17, 15) is 27.1 Å². The lowest BCUT2D eigenvalue weighted by Gasteiger charge is -2.26. The Balaban J connectivity index is 1.77.